The summed E-state index contributed by atoms with van der Waals surface area (Å²) in [6, 6.07) is 17.5. The first kappa shape index (κ1) is 22.5. The molecule has 34 heavy (non-hydrogen) atoms. The van der Waals surface area contributed by atoms with Gasteiger partial charge in [-0.2, -0.15) is 0 Å². The molecule has 2 fully saturated rings. The SMILES string of the molecule is C[C@@H](c1nccs1)N(C)C(=O)C[C@]1(c2ccc(-c3ccccc3)cc2)CC(=O)N(C2CC2)C1=O. The van der Waals surface area contributed by atoms with Crippen molar-refractivity contribution in [2.45, 2.75) is 50.1 Å². The van der Waals surface area contributed by atoms with Gasteiger partial charge in [0.25, 0.3) is 0 Å². The average Bonchev–Trinajstić information content (AvgIpc) is 3.46. The minimum absolute atomic E-state index is 0.0208. The molecular formula is C27H27N3O3S. The maximum Gasteiger partial charge on any atom is 0.241 e. The van der Waals surface area contributed by atoms with Crippen molar-refractivity contribution in [2.75, 3.05) is 7.05 Å². The lowest BCUT2D eigenvalue weighted by atomic mass is 9.75. The van der Waals surface area contributed by atoms with Crippen LogP contribution in [0.2, 0.25) is 0 Å². The van der Waals surface area contributed by atoms with Crippen molar-refractivity contribution in [2.24, 2.45) is 0 Å². The number of likely N-dealkylation sites (tertiary alicyclic amines) is 1. The van der Waals surface area contributed by atoms with Gasteiger partial charge in [-0.05, 0) is 36.5 Å². The van der Waals surface area contributed by atoms with Crippen LogP contribution in [-0.2, 0) is 19.8 Å². The van der Waals surface area contributed by atoms with Gasteiger partial charge in [-0.1, -0.05) is 54.6 Å². The van der Waals surface area contributed by atoms with Crippen LogP contribution in [0.1, 0.15) is 49.2 Å². The first-order valence-electron chi connectivity index (χ1n) is 11.6. The molecule has 3 aromatic rings. The average molecular weight is 474 g/mol. The maximum atomic E-state index is 13.8. The second-order valence-corrected chi connectivity index (χ2v) is 10.2. The van der Waals surface area contributed by atoms with Gasteiger partial charge in [-0.25, -0.2) is 4.98 Å². The molecule has 5 rings (SSSR count). The maximum absolute atomic E-state index is 13.8. The van der Waals surface area contributed by atoms with Crippen molar-refractivity contribution in [3.05, 3.63) is 76.7 Å². The second-order valence-electron chi connectivity index (χ2n) is 9.23. The normalized spacial score (nSPS) is 21.1. The molecule has 0 bridgehead atoms. The Morgan fingerprint density at radius 1 is 1.12 bits per heavy atom. The van der Waals surface area contributed by atoms with E-state index in [9.17, 15) is 14.4 Å². The molecule has 1 aliphatic carbocycles. The Hall–Kier alpha value is -3.32. The van der Waals surface area contributed by atoms with Gasteiger partial charge in [-0.3, -0.25) is 19.3 Å². The lowest BCUT2D eigenvalue weighted by Gasteiger charge is -2.31. The molecule has 6 nitrogen and oxygen atoms in total. The summed E-state index contributed by atoms with van der Waals surface area (Å²) >= 11 is 1.49. The number of imide groups is 1. The smallest absolute Gasteiger partial charge is 0.241 e. The monoisotopic (exact) mass is 473 g/mol. The van der Waals surface area contributed by atoms with E-state index in [1.54, 1.807) is 18.1 Å². The van der Waals surface area contributed by atoms with E-state index in [1.165, 1.54) is 16.2 Å². The molecule has 0 radical (unpaired) electrons. The van der Waals surface area contributed by atoms with Crippen LogP contribution in [0.4, 0.5) is 0 Å². The number of amides is 3. The van der Waals surface area contributed by atoms with Gasteiger partial charge >= 0.3 is 0 Å². The van der Waals surface area contributed by atoms with E-state index in [1.807, 2.05) is 66.9 Å². The summed E-state index contributed by atoms with van der Waals surface area (Å²) < 4.78 is 0. The van der Waals surface area contributed by atoms with E-state index in [-0.39, 0.29) is 42.6 Å². The van der Waals surface area contributed by atoms with E-state index >= 15 is 0 Å². The van der Waals surface area contributed by atoms with E-state index in [4.69, 9.17) is 0 Å². The van der Waals surface area contributed by atoms with Gasteiger partial charge in [0, 0.05) is 37.5 Å². The second kappa shape index (κ2) is 8.80. The van der Waals surface area contributed by atoms with E-state index in [0.29, 0.717) is 0 Å². The van der Waals surface area contributed by atoms with E-state index in [0.717, 1.165) is 34.5 Å². The third kappa shape index (κ3) is 3.94. The summed E-state index contributed by atoms with van der Waals surface area (Å²) in [4.78, 5) is 47.6. The van der Waals surface area contributed by atoms with Crippen molar-refractivity contribution in [3.63, 3.8) is 0 Å². The molecule has 7 heteroatoms. The number of hydrogen-bond donors (Lipinski definition) is 0. The van der Waals surface area contributed by atoms with Gasteiger partial charge in [0.05, 0.1) is 11.5 Å². The highest BCUT2D eigenvalue weighted by Crippen LogP contribution is 2.45. The van der Waals surface area contributed by atoms with E-state index in [2.05, 4.69) is 4.98 Å². The summed E-state index contributed by atoms with van der Waals surface area (Å²) in [5.41, 5.74) is 1.64. The Morgan fingerprint density at radius 2 is 1.79 bits per heavy atom. The molecule has 1 saturated carbocycles. The van der Waals surface area contributed by atoms with Gasteiger partial charge in [-0.15, -0.1) is 11.3 Å². The minimum Gasteiger partial charge on any atom is -0.337 e. The summed E-state index contributed by atoms with van der Waals surface area (Å²) in [5, 5.41) is 2.72. The molecule has 2 aliphatic rings. The molecule has 0 N–H and O–H groups in total. The number of thiazole rings is 1. The zero-order valence-corrected chi connectivity index (χ0v) is 20.1. The number of carbonyl (C=O) groups excluding carboxylic acids is 3. The predicted octanol–water partition coefficient (Wildman–Crippen LogP) is 4.58. The highest BCUT2D eigenvalue weighted by atomic mass is 32.1. The van der Waals surface area contributed by atoms with Crippen molar-refractivity contribution in [1.82, 2.24) is 14.8 Å². The number of nitrogens with zero attached hydrogens (tertiary/aromatic N) is 3. The Labute approximate surface area is 203 Å². The number of carbonyl (C=O) groups is 3. The lowest BCUT2D eigenvalue weighted by molar-refractivity contribution is -0.143. The van der Waals surface area contributed by atoms with Crippen LogP contribution in [0.3, 0.4) is 0 Å². The minimum atomic E-state index is -1.18. The van der Waals surface area contributed by atoms with Gasteiger partial charge in [0.15, 0.2) is 0 Å². The lowest BCUT2D eigenvalue weighted by Crippen LogP contribution is -2.43. The zero-order valence-electron chi connectivity index (χ0n) is 19.3. The Balaban J connectivity index is 1.48. The van der Waals surface area contributed by atoms with Crippen LogP contribution in [0, 0.1) is 0 Å². The molecular weight excluding hydrogens is 446 g/mol. The van der Waals surface area contributed by atoms with Crippen LogP contribution in [0.5, 0.6) is 0 Å². The molecule has 2 aromatic carbocycles. The summed E-state index contributed by atoms with van der Waals surface area (Å²) in [5.74, 6) is -0.590. The number of aromatic nitrogens is 1. The Bertz CT molecular complexity index is 1210. The Kier molecular flexibility index (Phi) is 5.81. The highest BCUT2D eigenvalue weighted by Gasteiger charge is 2.57. The number of benzene rings is 2. The van der Waals surface area contributed by atoms with Crippen LogP contribution >= 0.6 is 11.3 Å². The third-order valence-electron chi connectivity index (χ3n) is 7.04. The summed E-state index contributed by atoms with van der Waals surface area (Å²) in [6.45, 7) is 1.93. The Morgan fingerprint density at radius 3 is 2.41 bits per heavy atom. The van der Waals surface area contributed by atoms with E-state index < -0.39 is 5.41 Å². The molecule has 0 unspecified atom stereocenters. The third-order valence-corrected chi connectivity index (χ3v) is 7.99. The molecule has 174 valence electrons. The molecule has 1 saturated heterocycles. The molecule has 1 aliphatic heterocycles. The fourth-order valence-electron chi connectivity index (χ4n) is 4.75. The van der Waals surface area contributed by atoms with Crippen molar-refractivity contribution in [3.8, 4) is 11.1 Å². The van der Waals surface area contributed by atoms with Crippen LogP contribution in [-0.4, -0.2) is 45.6 Å². The molecule has 0 spiro atoms. The fraction of sp³-hybridized carbons (Fsp3) is 0.333. The first-order valence-corrected chi connectivity index (χ1v) is 12.5. The topological polar surface area (TPSA) is 70.6 Å². The summed E-state index contributed by atoms with van der Waals surface area (Å²) in [7, 11) is 1.74. The largest absolute Gasteiger partial charge is 0.337 e. The molecule has 1 aromatic heterocycles. The zero-order chi connectivity index (χ0) is 23.9. The van der Waals surface area contributed by atoms with Gasteiger partial charge in [0.1, 0.15) is 5.01 Å². The number of hydrogen-bond acceptors (Lipinski definition) is 5. The molecule has 2 atom stereocenters. The fourth-order valence-corrected chi connectivity index (χ4v) is 5.49. The van der Waals surface area contributed by atoms with Gasteiger partial charge in [0.2, 0.25) is 17.7 Å². The van der Waals surface area contributed by atoms with Gasteiger partial charge < -0.3 is 4.90 Å². The number of rotatable bonds is 7. The standard InChI is InChI=1S/C27H27N3O3S/c1-18(25-28-14-15-34-25)29(2)23(31)16-27(17-24(32)30(26(27)33)22-12-13-22)21-10-8-20(9-11-21)19-6-4-3-5-7-19/h3-11,14-15,18,22H,12-13,16-17H2,1-2H3/t18-,27+/m0/s1. The highest BCUT2D eigenvalue weighted by molar-refractivity contribution is 7.09. The summed E-state index contributed by atoms with van der Waals surface area (Å²) in [6.07, 6.45) is 3.39. The van der Waals surface area contributed by atoms with Crippen LogP contribution in [0.15, 0.2) is 66.2 Å². The molecule has 2 heterocycles. The van der Waals surface area contributed by atoms with Crippen LogP contribution in [0.25, 0.3) is 11.1 Å². The van der Waals surface area contributed by atoms with Crippen molar-refractivity contribution in [1.29, 1.82) is 0 Å². The first-order chi connectivity index (χ1) is 16.4. The quantitative estimate of drug-likeness (QED) is 0.471. The predicted molar refractivity (Wildman–Crippen MR) is 131 cm³/mol. The molecule has 3 amide bonds. The van der Waals surface area contributed by atoms with Crippen molar-refractivity contribution >= 4 is 29.1 Å². The van der Waals surface area contributed by atoms with Crippen molar-refractivity contribution < 1.29 is 14.4 Å². The van der Waals surface area contributed by atoms with Crippen LogP contribution < -0.4 is 0 Å².